The fourth-order valence-corrected chi connectivity index (χ4v) is 3.96. The molecule has 1 atom stereocenters. The number of rotatable bonds is 5. The first-order valence-electron chi connectivity index (χ1n) is 10.2. The van der Waals surface area contributed by atoms with E-state index in [2.05, 4.69) is 39.0 Å². The van der Waals surface area contributed by atoms with Gasteiger partial charge in [0, 0.05) is 55.0 Å². The molecule has 3 aromatic rings. The van der Waals surface area contributed by atoms with E-state index in [0.29, 0.717) is 36.1 Å². The minimum absolute atomic E-state index is 0.170. The molecular weight excluding hydrogens is 410 g/mol. The molecule has 0 radical (unpaired) electrons. The lowest BCUT2D eigenvalue weighted by molar-refractivity contribution is 0.102. The zero-order valence-electron chi connectivity index (χ0n) is 17.8. The Balaban J connectivity index is 1.48. The molecule has 4 rings (SSSR count). The maximum absolute atomic E-state index is 12.8. The van der Waals surface area contributed by atoms with Crippen LogP contribution < -0.4 is 10.2 Å². The summed E-state index contributed by atoms with van der Waals surface area (Å²) in [7, 11) is -1.19. The van der Waals surface area contributed by atoms with Crippen molar-refractivity contribution in [2.45, 2.75) is 37.9 Å². The van der Waals surface area contributed by atoms with E-state index in [1.54, 1.807) is 30.8 Å². The summed E-state index contributed by atoms with van der Waals surface area (Å²) < 4.78 is 11.6. The van der Waals surface area contributed by atoms with Gasteiger partial charge in [-0.1, -0.05) is 26.0 Å². The molecular formula is C23H25N5O2S. The van der Waals surface area contributed by atoms with Crippen molar-refractivity contribution in [2.24, 2.45) is 0 Å². The second kappa shape index (κ2) is 8.93. The Morgan fingerprint density at radius 1 is 1.16 bits per heavy atom. The van der Waals surface area contributed by atoms with E-state index in [-0.39, 0.29) is 5.91 Å². The third kappa shape index (κ3) is 4.80. The fourth-order valence-electron chi connectivity index (χ4n) is 3.52. The average molecular weight is 436 g/mol. The molecule has 0 spiro atoms. The van der Waals surface area contributed by atoms with E-state index in [9.17, 15) is 9.00 Å². The Kier molecular flexibility index (Phi) is 6.08. The Hall–Kier alpha value is -3.13. The Labute approximate surface area is 184 Å². The SMILES string of the molecule is CC(C)c1ccc(NC(=O)c2ccnc(N3CCc4nc(S(C)=O)ncc4C3)c2)cc1. The summed E-state index contributed by atoms with van der Waals surface area (Å²) >= 11 is 0. The standard InChI is InChI=1S/C23H25N5O2S/c1-15(2)16-4-6-19(7-5-16)26-22(29)17-8-10-24-21(12-17)28-11-9-20-18(14-28)13-25-23(27-20)31(3)30/h4-8,10,12-13,15H,9,11,14H2,1-3H3,(H,26,29). The second-order valence-electron chi connectivity index (χ2n) is 7.88. The highest BCUT2D eigenvalue weighted by Crippen LogP contribution is 2.23. The van der Waals surface area contributed by atoms with Crippen molar-refractivity contribution in [1.29, 1.82) is 0 Å². The number of nitrogens with zero attached hydrogens (tertiary/aromatic N) is 4. The molecule has 1 N–H and O–H groups in total. The molecule has 160 valence electrons. The van der Waals surface area contributed by atoms with Crippen molar-refractivity contribution in [3.05, 3.63) is 71.2 Å². The molecule has 1 aliphatic rings. The first kappa shape index (κ1) is 21.1. The van der Waals surface area contributed by atoms with Crippen LogP contribution in [-0.4, -0.2) is 37.9 Å². The van der Waals surface area contributed by atoms with Gasteiger partial charge in [-0.25, -0.2) is 15.0 Å². The molecule has 0 fully saturated rings. The lowest BCUT2D eigenvalue weighted by atomic mass is 10.0. The summed E-state index contributed by atoms with van der Waals surface area (Å²) in [5.74, 6) is 1.01. The van der Waals surface area contributed by atoms with Gasteiger partial charge < -0.3 is 10.2 Å². The van der Waals surface area contributed by atoms with Crippen molar-refractivity contribution in [1.82, 2.24) is 15.0 Å². The highest BCUT2D eigenvalue weighted by Gasteiger charge is 2.21. The number of nitrogens with one attached hydrogen (secondary N) is 1. The molecule has 1 aliphatic heterocycles. The third-order valence-electron chi connectivity index (χ3n) is 5.34. The first-order valence-corrected chi connectivity index (χ1v) is 11.8. The summed E-state index contributed by atoms with van der Waals surface area (Å²) in [5.41, 5.74) is 4.46. The molecule has 1 unspecified atom stereocenters. The second-order valence-corrected chi connectivity index (χ2v) is 9.16. The molecule has 8 heteroatoms. The largest absolute Gasteiger partial charge is 0.352 e. The van der Waals surface area contributed by atoms with Gasteiger partial charge in [-0.15, -0.1) is 0 Å². The number of benzene rings is 1. The van der Waals surface area contributed by atoms with Crippen LogP contribution in [0.1, 0.15) is 46.9 Å². The molecule has 1 aromatic carbocycles. The van der Waals surface area contributed by atoms with Gasteiger partial charge in [-0.05, 0) is 35.7 Å². The summed E-state index contributed by atoms with van der Waals surface area (Å²) in [6, 6.07) is 11.4. The number of fused-ring (bicyclic) bond motifs is 1. The number of hydrogen-bond donors (Lipinski definition) is 1. The van der Waals surface area contributed by atoms with Crippen LogP contribution in [0.4, 0.5) is 11.5 Å². The number of anilines is 2. The van der Waals surface area contributed by atoms with Crippen molar-refractivity contribution in [2.75, 3.05) is 23.0 Å². The Morgan fingerprint density at radius 2 is 1.94 bits per heavy atom. The van der Waals surface area contributed by atoms with Crippen molar-refractivity contribution < 1.29 is 9.00 Å². The summed E-state index contributed by atoms with van der Waals surface area (Å²) in [6.45, 7) is 5.59. The van der Waals surface area contributed by atoms with E-state index in [1.807, 2.05) is 24.3 Å². The van der Waals surface area contributed by atoms with Crippen LogP contribution in [0.5, 0.6) is 0 Å². The zero-order valence-corrected chi connectivity index (χ0v) is 18.6. The van der Waals surface area contributed by atoms with E-state index in [0.717, 1.165) is 22.8 Å². The van der Waals surface area contributed by atoms with Crippen molar-refractivity contribution in [3.63, 3.8) is 0 Å². The van der Waals surface area contributed by atoms with Crippen molar-refractivity contribution >= 4 is 28.2 Å². The minimum atomic E-state index is -1.19. The van der Waals surface area contributed by atoms with Gasteiger partial charge in [-0.3, -0.25) is 9.00 Å². The van der Waals surface area contributed by atoms with Crippen LogP contribution in [0.15, 0.2) is 53.9 Å². The van der Waals surface area contributed by atoms with Crippen LogP contribution in [-0.2, 0) is 23.8 Å². The molecule has 0 saturated carbocycles. The quantitative estimate of drug-likeness (QED) is 0.617. The van der Waals surface area contributed by atoms with E-state index in [1.165, 1.54) is 5.56 Å². The molecule has 7 nitrogen and oxygen atoms in total. The zero-order chi connectivity index (χ0) is 22.0. The van der Waals surface area contributed by atoms with Gasteiger partial charge in [0.1, 0.15) is 5.82 Å². The van der Waals surface area contributed by atoms with Gasteiger partial charge in [0.15, 0.2) is 0 Å². The van der Waals surface area contributed by atoms with Crippen LogP contribution in [0, 0.1) is 0 Å². The molecule has 0 bridgehead atoms. The third-order valence-corrected chi connectivity index (χ3v) is 6.05. The number of aromatic nitrogens is 3. The lowest BCUT2D eigenvalue weighted by Gasteiger charge is -2.29. The highest BCUT2D eigenvalue weighted by molar-refractivity contribution is 7.84. The van der Waals surface area contributed by atoms with Gasteiger partial charge in [0.2, 0.25) is 5.16 Å². The topological polar surface area (TPSA) is 88.1 Å². The number of carbonyl (C=O) groups excluding carboxylic acids is 1. The lowest BCUT2D eigenvalue weighted by Crippen LogP contribution is -2.32. The van der Waals surface area contributed by atoms with Crippen LogP contribution >= 0.6 is 0 Å². The van der Waals surface area contributed by atoms with Gasteiger partial charge in [-0.2, -0.15) is 0 Å². The van der Waals surface area contributed by atoms with E-state index in [4.69, 9.17) is 0 Å². The molecule has 0 aliphatic carbocycles. The van der Waals surface area contributed by atoms with Crippen LogP contribution in [0.2, 0.25) is 0 Å². The Bertz CT molecular complexity index is 1130. The maximum atomic E-state index is 12.8. The molecule has 2 aromatic heterocycles. The minimum Gasteiger partial charge on any atom is -0.352 e. The molecule has 3 heterocycles. The predicted octanol–water partition coefficient (Wildman–Crippen LogP) is 3.55. The van der Waals surface area contributed by atoms with Crippen LogP contribution in [0.25, 0.3) is 0 Å². The Morgan fingerprint density at radius 3 is 2.65 bits per heavy atom. The molecule has 31 heavy (non-hydrogen) atoms. The number of carbonyl (C=O) groups is 1. The number of pyridine rings is 1. The summed E-state index contributed by atoms with van der Waals surface area (Å²) in [5, 5.41) is 3.32. The monoisotopic (exact) mass is 435 g/mol. The van der Waals surface area contributed by atoms with Gasteiger partial charge >= 0.3 is 0 Å². The highest BCUT2D eigenvalue weighted by atomic mass is 32.2. The average Bonchev–Trinajstić information content (AvgIpc) is 2.78. The van der Waals surface area contributed by atoms with Gasteiger partial charge in [0.05, 0.1) is 16.5 Å². The van der Waals surface area contributed by atoms with E-state index < -0.39 is 10.8 Å². The fraction of sp³-hybridized carbons (Fsp3) is 0.304. The molecule has 0 saturated heterocycles. The van der Waals surface area contributed by atoms with Crippen molar-refractivity contribution in [3.8, 4) is 0 Å². The normalized spacial score (nSPS) is 14.3. The summed E-state index contributed by atoms with van der Waals surface area (Å²) in [6.07, 6.45) is 5.68. The first-order chi connectivity index (χ1) is 14.9. The number of hydrogen-bond acceptors (Lipinski definition) is 6. The maximum Gasteiger partial charge on any atom is 0.255 e. The summed E-state index contributed by atoms with van der Waals surface area (Å²) in [4.78, 5) is 28.0. The molecule has 1 amide bonds. The van der Waals surface area contributed by atoms with Gasteiger partial charge in [0.25, 0.3) is 5.91 Å². The predicted molar refractivity (Wildman–Crippen MR) is 122 cm³/mol. The van der Waals surface area contributed by atoms with Crippen LogP contribution in [0.3, 0.4) is 0 Å². The number of amides is 1. The smallest absolute Gasteiger partial charge is 0.255 e. The van der Waals surface area contributed by atoms with E-state index >= 15 is 0 Å².